The number of likely N-dealkylation sites (tertiary alicyclic amines) is 1. The number of nitrogens with zero attached hydrogens (tertiary/aromatic N) is 1. The van der Waals surface area contributed by atoms with Crippen molar-refractivity contribution in [1.82, 2.24) is 4.90 Å². The predicted molar refractivity (Wildman–Crippen MR) is 82.1 cm³/mol. The number of ether oxygens (including phenoxy) is 2. The molecule has 1 aromatic rings. The maximum atomic E-state index is 11.9. The molecule has 0 saturated carbocycles. The van der Waals surface area contributed by atoms with E-state index in [2.05, 4.69) is 0 Å². The second-order valence-electron chi connectivity index (χ2n) is 5.60. The molecule has 2 N–H and O–H groups in total. The van der Waals surface area contributed by atoms with Crippen molar-refractivity contribution in [2.45, 2.75) is 25.3 Å². The molecule has 0 aliphatic carbocycles. The molecule has 0 unspecified atom stereocenters. The molecule has 2 atom stereocenters. The third-order valence-corrected chi connectivity index (χ3v) is 4.44. The Hall–Kier alpha value is -1.79. The Labute approximate surface area is 130 Å². The van der Waals surface area contributed by atoms with E-state index in [4.69, 9.17) is 9.47 Å². The van der Waals surface area contributed by atoms with Crippen LogP contribution in [0.3, 0.4) is 0 Å². The second-order valence-corrected chi connectivity index (χ2v) is 5.60. The van der Waals surface area contributed by atoms with Gasteiger partial charge in [0.15, 0.2) is 5.78 Å². The first-order valence-electron chi connectivity index (χ1n) is 7.26. The van der Waals surface area contributed by atoms with E-state index in [0.717, 1.165) is 13.0 Å². The summed E-state index contributed by atoms with van der Waals surface area (Å²) in [7, 11) is 4.89. The normalized spacial score (nSPS) is 21.9. The number of phenols is 1. The van der Waals surface area contributed by atoms with Gasteiger partial charge < -0.3 is 24.6 Å². The molecule has 0 spiro atoms. The van der Waals surface area contributed by atoms with Crippen molar-refractivity contribution in [1.29, 1.82) is 0 Å². The molecule has 1 heterocycles. The minimum absolute atomic E-state index is 0.0226. The summed E-state index contributed by atoms with van der Waals surface area (Å²) in [5.41, 5.74) is 0.724. The predicted octanol–water partition coefficient (Wildman–Crippen LogP) is 1.39. The number of rotatable bonds is 5. The van der Waals surface area contributed by atoms with Crippen molar-refractivity contribution in [3.63, 3.8) is 0 Å². The third kappa shape index (κ3) is 2.64. The Morgan fingerprint density at radius 2 is 2.00 bits per heavy atom. The van der Waals surface area contributed by atoms with Crippen molar-refractivity contribution >= 4 is 5.78 Å². The van der Waals surface area contributed by atoms with Gasteiger partial charge in [0.1, 0.15) is 22.8 Å². The van der Waals surface area contributed by atoms with Gasteiger partial charge in [-0.1, -0.05) is 0 Å². The molecule has 0 amide bonds. The van der Waals surface area contributed by atoms with Crippen LogP contribution in [0.25, 0.3) is 0 Å². The Morgan fingerprint density at radius 1 is 1.36 bits per heavy atom. The van der Waals surface area contributed by atoms with E-state index in [1.807, 2.05) is 11.9 Å². The summed E-state index contributed by atoms with van der Waals surface area (Å²) < 4.78 is 10.6. The second kappa shape index (κ2) is 6.54. The number of aliphatic hydroxyl groups excluding tert-OH is 1. The molecule has 0 aromatic heterocycles. The standard InChI is InChI=1S/C16H23NO5/c1-9(19)14-12(21-3)7-13(22-4)15(16(14)20)10-5-6-17(2)11(10)8-18/h7,10-11,18,20H,5-6,8H2,1-4H3/t10-,11-/m0/s1. The highest BCUT2D eigenvalue weighted by Crippen LogP contribution is 2.47. The van der Waals surface area contributed by atoms with E-state index in [1.54, 1.807) is 6.07 Å². The zero-order valence-corrected chi connectivity index (χ0v) is 13.4. The molecule has 1 saturated heterocycles. The molecule has 1 aliphatic heterocycles. The number of carbonyl (C=O) groups excluding carboxylic acids is 1. The number of benzene rings is 1. The number of aliphatic hydroxyl groups is 1. The first-order chi connectivity index (χ1) is 10.5. The molecule has 6 heteroatoms. The fourth-order valence-electron chi connectivity index (χ4n) is 3.28. The Balaban J connectivity index is 2.64. The van der Waals surface area contributed by atoms with Gasteiger partial charge in [-0.3, -0.25) is 4.79 Å². The Morgan fingerprint density at radius 3 is 2.50 bits per heavy atom. The first kappa shape index (κ1) is 16.6. The largest absolute Gasteiger partial charge is 0.507 e. The Bertz CT molecular complexity index is 572. The van der Waals surface area contributed by atoms with E-state index in [9.17, 15) is 15.0 Å². The number of hydrogen-bond donors (Lipinski definition) is 2. The molecule has 2 rings (SSSR count). The molecule has 1 aliphatic rings. The van der Waals surface area contributed by atoms with Crippen molar-refractivity contribution in [2.75, 3.05) is 34.4 Å². The summed E-state index contributed by atoms with van der Waals surface area (Å²) in [6, 6.07) is 1.51. The van der Waals surface area contributed by atoms with Gasteiger partial charge in [0.2, 0.25) is 0 Å². The van der Waals surface area contributed by atoms with Gasteiger partial charge in [-0.15, -0.1) is 0 Å². The van der Waals surface area contributed by atoms with E-state index in [-0.39, 0.29) is 41.4 Å². The lowest BCUT2D eigenvalue weighted by molar-refractivity contribution is 0.101. The molecule has 22 heavy (non-hydrogen) atoms. The maximum absolute atomic E-state index is 11.9. The lowest BCUT2D eigenvalue weighted by Crippen LogP contribution is -2.32. The monoisotopic (exact) mass is 309 g/mol. The highest BCUT2D eigenvalue weighted by Gasteiger charge is 2.37. The van der Waals surface area contributed by atoms with Crippen LogP contribution < -0.4 is 9.47 Å². The number of hydrogen-bond acceptors (Lipinski definition) is 6. The third-order valence-electron chi connectivity index (χ3n) is 4.44. The average Bonchev–Trinajstić information content (AvgIpc) is 2.85. The lowest BCUT2D eigenvalue weighted by atomic mass is 9.88. The molecular weight excluding hydrogens is 286 g/mol. The van der Waals surface area contributed by atoms with Crippen molar-refractivity contribution in [3.05, 3.63) is 17.2 Å². The van der Waals surface area contributed by atoms with Crippen LogP contribution in [-0.4, -0.2) is 61.4 Å². The summed E-state index contributed by atoms with van der Waals surface area (Å²) in [6.45, 7) is 2.17. The number of likely N-dealkylation sites (N-methyl/N-ethyl adjacent to an activating group) is 1. The van der Waals surface area contributed by atoms with Crippen LogP contribution in [-0.2, 0) is 0 Å². The highest BCUT2D eigenvalue weighted by atomic mass is 16.5. The fourth-order valence-corrected chi connectivity index (χ4v) is 3.28. The minimum atomic E-state index is -0.273. The van der Waals surface area contributed by atoms with Crippen LogP contribution in [0.4, 0.5) is 0 Å². The smallest absolute Gasteiger partial charge is 0.167 e. The summed E-state index contributed by atoms with van der Waals surface area (Å²) >= 11 is 0. The van der Waals surface area contributed by atoms with Crippen LogP contribution in [0.5, 0.6) is 17.2 Å². The number of Topliss-reactive ketones (excluding diaryl/α,β-unsaturated/α-hetero) is 1. The zero-order valence-electron chi connectivity index (χ0n) is 13.4. The van der Waals surface area contributed by atoms with Crippen LogP contribution in [0, 0.1) is 0 Å². The number of aromatic hydroxyl groups is 1. The molecule has 1 aromatic carbocycles. The Kier molecular flexibility index (Phi) is 4.93. The van der Waals surface area contributed by atoms with E-state index in [0.29, 0.717) is 11.3 Å². The molecule has 0 bridgehead atoms. The number of ketones is 1. The van der Waals surface area contributed by atoms with Gasteiger partial charge in [-0.25, -0.2) is 0 Å². The van der Waals surface area contributed by atoms with E-state index in [1.165, 1.54) is 21.1 Å². The van der Waals surface area contributed by atoms with E-state index >= 15 is 0 Å². The molecule has 0 radical (unpaired) electrons. The fraction of sp³-hybridized carbons (Fsp3) is 0.562. The topological polar surface area (TPSA) is 79.2 Å². The van der Waals surface area contributed by atoms with Gasteiger partial charge in [-0.05, 0) is 26.9 Å². The van der Waals surface area contributed by atoms with Crippen molar-refractivity contribution in [3.8, 4) is 17.2 Å². The quantitative estimate of drug-likeness (QED) is 0.800. The SMILES string of the molecule is COc1cc(OC)c([C@H]2CCN(C)[C@H]2CO)c(O)c1C(C)=O. The maximum Gasteiger partial charge on any atom is 0.167 e. The van der Waals surface area contributed by atoms with Crippen LogP contribution in [0.2, 0.25) is 0 Å². The highest BCUT2D eigenvalue weighted by molar-refractivity contribution is 6.00. The van der Waals surface area contributed by atoms with Gasteiger partial charge in [-0.2, -0.15) is 0 Å². The first-order valence-corrected chi connectivity index (χ1v) is 7.26. The van der Waals surface area contributed by atoms with Crippen molar-refractivity contribution < 1.29 is 24.5 Å². The number of methoxy groups -OCH3 is 2. The van der Waals surface area contributed by atoms with E-state index < -0.39 is 0 Å². The summed E-state index contributed by atoms with van der Waals surface area (Å²) in [5, 5.41) is 20.3. The minimum Gasteiger partial charge on any atom is -0.507 e. The van der Waals surface area contributed by atoms with Gasteiger partial charge in [0.25, 0.3) is 0 Å². The summed E-state index contributed by atoms with van der Waals surface area (Å²) in [6.07, 6.45) is 0.773. The number of carbonyl (C=O) groups is 1. The molecule has 1 fully saturated rings. The van der Waals surface area contributed by atoms with Crippen LogP contribution >= 0.6 is 0 Å². The van der Waals surface area contributed by atoms with Gasteiger partial charge in [0, 0.05) is 23.6 Å². The molecule has 122 valence electrons. The summed E-state index contributed by atoms with van der Waals surface area (Å²) in [4.78, 5) is 13.9. The van der Waals surface area contributed by atoms with Crippen LogP contribution in [0.1, 0.15) is 35.2 Å². The van der Waals surface area contributed by atoms with Gasteiger partial charge in [0.05, 0.1) is 20.8 Å². The lowest BCUT2D eigenvalue weighted by Gasteiger charge is -2.26. The average molecular weight is 309 g/mol. The van der Waals surface area contributed by atoms with Crippen molar-refractivity contribution in [2.24, 2.45) is 0 Å². The van der Waals surface area contributed by atoms with Crippen LogP contribution in [0.15, 0.2) is 6.07 Å². The zero-order chi connectivity index (χ0) is 16.4. The van der Waals surface area contributed by atoms with Gasteiger partial charge >= 0.3 is 0 Å². The number of phenolic OH excluding ortho intramolecular Hbond substituents is 1. The molecular formula is C16H23NO5. The summed E-state index contributed by atoms with van der Waals surface area (Å²) in [5.74, 6) is 0.275. The molecule has 6 nitrogen and oxygen atoms in total.